The van der Waals surface area contributed by atoms with Gasteiger partial charge in [0.1, 0.15) is 17.8 Å². The molecule has 0 aliphatic carbocycles. The Morgan fingerprint density at radius 1 is 0.677 bits per heavy atom. The van der Waals surface area contributed by atoms with E-state index in [1.54, 1.807) is 65.3 Å². The van der Waals surface area contributed by atoms with E-state index in [4.69, 9.17) is 24.7 Å². The van der Waals surface area contributed by atoms with Crippen LogP contribution in [0.4, 0.5) is 5.95 Å². The van der Waals surface area contributed by atoms with Gasteiger partial charge in [-0.25, -0.2) is 13.4 Å². The predicted molar refractivity (Wildman–Crippen MR) is 341 cm³/mol. The quantitative estimate of drug-likeness (QED) is 0.0247. The predicted octanol–water partition coefficient (Wildman–Crippen LogP) is -0.578. The number of hydrogen-bond acceptors (Lipinski definition) is 21. The third-order valence-corrected chi connectivity index (χ3v) is 16.7. The normalized spacial score (nSPS) is 14.7. The Kier molecular flexibility index (Phi) is 33.4. The summed E-state index contributed by atoms with van der Waals surface area (Å²) in [7, 11) is -4.40. The Morgan fingerprint density at radius 3 is 1.84 bits per heavy atom. The molecule has 516 valence electrons. The van der Waals surface area contributed by atoms with Crippen molar-refractivity contribution in [3.63, 3.8) is 0 Å². The third kappa shape index (κ3) is 28.9. The van der Waals surface area contributed by atoms with E-state index < -0.39 is 70.2 Å². The molecule has 0 spiro atoms. The average Bonchev–Trinajstić information content (AvgIpc) is 1.32. The van der Waals surface area contributed by atoms with Crippen LogP contribution in [0.3, 0.4) is 0 Å². The van der Waals surface area contributed by atoms with Gasteiger partial charge < -0.3 is 76.5 Å². The largest absolute Gasteiger partial charge is 0.494 e. The molecule has 33 heteroatoms. The second kappa shape index (κ2) is 41.0. The molecule has 5 amide bonds. The van der Waals surface area contributed by atoms with Gasteiger partial charge in [-0.2, -0.15) is 9.82 Å². The molecule has 0 bridgehead atoms. The van der Waals surface area contributed by atoms with E-state index in [1.165, 1.54) is 12.1 Å². The van der Waals surface area contributed by atoms with Crippen LogP contribution in [0.5, 0.6) is 5.75 Å². The number of carbonyl (C=O) groups excluding carboxylic acids is 5. The Bertz CT molecular complexity index is 3080. The van der Waals surface area contributed by atoms with Gasteiger partial charge in [-0.05, 0) is 94.0 Å². The molecule has 3 heterocycles. The molecular formula is C60H93N15O17S. The van der Waals surface area contributed by atoms with Crippen LogP contribution in [-0.4, -0.2) is 274 Å². The molecule has 1 fully saturated rings. The second-order valence-electron chi connectivity index (χ2n) is 22.3. The van der Waals surface area contributed by atoms with Crippen molar-refractivity contribution in [2.75, 3.05) is 156 Å². The van der Waals surface area contributed by atoms with Crippen LogP contribution in [0.2, 0.25) is 0 Å². The maximum atomic E-state index is 13.6. The van der Waals surface area contributed by atoms with Gasteiger partial charge in [0.2, 0.25) is 33.7 Å². The molecule has 2 aromatic carbocycles. The summed E-state index contributed by atoms with van der Waals surface area (Å²) in [5.41, 5.74) is 7.02. The number of primary amides is 1. The fourth-order valence-corrected chi connectivity index (χ4v) is 11.7. The molecule has 0 radical (unpaired) electrons. The number of fused-ring (bicyclic) bond motifs is 1. The number of nitrogens with two attached hydrogens (primary N) is 1. The lowest BCUT2D eigenvalue weighted by Gasteiger charge is -2.33. The van der Waals surface area contributed by atoms with Gasteiger partial charge in [0.15, 0.2) is 5.95 Å². The summed E-state index contributed by atoms with van der Waals surface area (Å²) >= 11 is 0. The first kappa shape index (κ1) is 75.8. The zero-order valence-electron chi connectivity index (χ0n) is 53.4. The number of sulfonamides is 1. The first-order valence-electron chi connectivity index (χ1n) is 31.2. The fraction of sp³-hybridized carbons (Fsp3) is 0.600. The maximum absolute atomic E-state index is 13.6. The van der Waals surface area contributed by atoms with Gasteiger partial charge in [-0.1, -0.05) is 6.92 Å². The molecule has 1 aliphatic heterocycles. The van der Waals surface area contributed by atoms with Gasteiger partial charge in [-0.15, -0.1) is 0 Å². The molecule has 93 heavy (non-hydrogen) atoms. The van der Waals surface area contributed by atoms with Gasteiger partial charge in [0.25, 0.3) is 5.91 Å². The zero-order valence-corrected chi connectivity index (χ0v) is 54.2. The standard InChI is InChI=1S/C60H93N15O17S/c1-4-71-20-22-73(41-54(79)80)26-24-72(25-27-74(23-21-71)42-55(81)82)40-53(78)69-48(11-13-51(61)76)58(84)63-16-8-29-90-32-34-91-33-31-89-28-7-15-62-52(77)9-5-30-92-47-35-43(2)56(44(3)36-47)93(87,88)70-49(59(85)86)39-67-57(83)45-10-12-50-46(37-45)38-68-75(50)19-6-14-64-60-65-17-18-66-60/h10,12,17-18,35-38,48-49,70H,4-9,11,13-16,19-34,39-42H2,1-3H3,(H2,61,76)(H,62,77)(H,63,84)(H,67,83)(H,69,78)(H,79,80)(H,81,82)(H,85,86)(H2,64,65,66)/t48-,49+/m1/s1. The number of amides is 5. The van der Waals surface area contributed by atoms with Crippen molar-refractivity contribution < 1.29 is 81.0 Å². The van der Waals surface area contributed by atoms with Crippen molar-refractivity contribution in [2.45, 2.75) is 89.2 Å². The number of H-pyrrole nitrogens is 1. The van der Waals surface area contributed by atoms with Gasteiger partial charge in [-0.3, -0.25) is 57.7 Å². The lowest BCUT2D eigenvalue weighted by molar-refractivity contribution is -0.139. The number of carboxylic acid groups (broad SMARTS) is 3. The fourth-order valence-electron chi connectivity index (χ4n) is 10.1. The number of hydrogen-bond donors (Lipinski definition) is 11. The van der Waals surface area contributed by atoms with Crippen molar-refractivity contribution >= 4 is 74.3 Å². The van der Waals surface area contributed by atoms with E-state index in [2.05, 4.69) is 51.3 Å². The number of aryl methyl sites for hydroxylation is 3. The zero-order chi connectivity index (χ0) is 67.5. The summed E-state index contributed by atoms with van der Waals surface area (Å²) < 4.78 is 53.9. The van der Waals surface area contributed by atoms with Gasteiger partial charge >= 0.3 is 17.9 Å². The Balaban J connectivity index is 0.893. The van der Waals surface area contributed by atoms with E-state index in [0.717, 1.165) is 11.9 Å². The minimum absolute atomic E-state index is 0.0350. The number of aromatic amines is 1. The lowest BCUT2D eigenvalue weighted by Crippen LogP contribution is -2.52. The molecule has 0 saturated carbocycles. The first-order valence-corrected chi connectivity index (χ1v) is 32.7. The van der Waals surface area contributed by atoms with Crippen molar-refractivity contribution in [1.29, 1.82) is 0 Å². The summed E-state index contributed by atoms with van der Waals surface area (Å²) in [6, 6.07) is 5.23. The molecule has 5 rings (SSSR count). The number of anilines is 1. The third-order valence-electron chi connectivity index (χ3n) is 14.9. The lowest BCUT2D eigenvalue weighted by atomic mass is 10.1. The monoisotopic (exact) mass is 1330 g/mol. The number of carbonyl (C=O) groups is 8. The molecule has 32 nitrogen and oxygen atoms in total. The number of rotatable bonds is 43. The van der Waals surface area contributed by atoms with Crippen molar-refractivity contribution in [1.82, 2.24) is 65.3 Å². The highest BCUT2D eigenvalue weighted by atomic mass is 32.2. The molecule has 12 N–H and O–H groups in total. The minimum atomic E-state index is -4.40. The summed E-state index contributed by atoms with van der Waals surface area (Å²) in [6.45, 7) is 12.1. The highest BCUT2D eigenvalue weighted by Gasteiger charge is 2.30. The molecule has 1 aliphatic rings. The van der Waals surface area contributed by atoms with Gasteiger partial charge in [0.05, 0.1) is 69.3 Å². The number of nitrogens with one attached hydrogen (secondary N) is 7. The highest BCUT2D eigenvalue weighted by Crippen LogP contribution is 2.26. The number of nitrogens with zero attached hydrogens (tertiary/aromatic N) is 7. The van der Waals surface area contributed by atoms with E-state index in [-0.39, 0.29) is 75.0 Å². The van der Waals surface area contributed by atoms with E-state index in [1.807, 2.05) is 11.6 Å². The first-order chi connectivity index (χ1) is 44.6. The van der Waals surface area contributed by atoms with Crippen LogP contribution in [0.25, 0.3) is 10.9 Å². The Labute approximate surface area is 541 Å². The molecule has 0 unspecified atom stereocenters. The van der Waals surface area contributed by atoms with Crippen LogP contribution in [0.15, 0.2) is 53.8 Å². The summed E-state index contributed by atoms with van der Waals surface area (Å²) in [6.07, 6.45) is 7.13. The van der Waals surface area contributed by atoms with Crippen molar-refractivity contribution in [3.05, 3.63) is 65.6 Å². The molecule has 2 atom stereocenters. The molecular weight excluding hydrogens is 1230 g/mol. The number of likely N-dealkylation sites (N-methyl/N-ethyl adjacent to an activating group) is 1. The number of benzene rings is 2. The number of carboxylic acids is 3. The number of imidazole rings is 1. The van der Waals surface area contributed by atoms with E-state index in [9.17, 15) is 62.1 Å². The summed E-state index contributed by atoms with van der Waals surface area (Å²) in [4.78, 5) is 114. The SMILES string of the molecule is CCN1CCN(CC(=O)O)CCN(CC(=O)N[C@H](CCC(N)=O)C(=O)NCCCOCCOCCOCCCNC(=O)CCCOc2cc(C)c(S(=O)(=O)N[C@@H](CNC(=O)c3ccc4c(cnn4CCCNc4ncc[nH]4)c3)C(=O)O)c(C)c2)CCN(CC(=O)O)CC1. The van der Waals surface area contributed by atoms with Crippen LogP contribution >= 0.6 is 0 Å². The van der Waals surface area contributed by atoms with Gasteiger partial charge in [0, 0.05) is 134 Å². The average molecular weight is 1330 g/mol. The summed E-state index contributed by atoms with van der Waals surface area (Å²) in [5.74, 6) is -4.84. The molecule has 4 aromatic rings. The van der Waals surface area contributed by atoms with Crippen molar-refractivity contribution in [2.24, 2.45) is 5.73 Å². The van der Waals surface area contributed by atoms with Crippen LogP contribution in [-0.2, 0) is 64.3 Å². The maximum Gasteiger partial charge on any atom is 0.323 e. The Morgan fingerprint density at radius 2 is 1.27 bits per heavy atom. The number of ether oxygens (including phenoxy) is 4. The van der Waals surface area contributed by atoms with Crippen molar-refractivity contribution in [3.8, 4) is 5.75 Å². The number of aliphatic carboxylic acids is 3. The topological polar surface area (TPSA) is 426 Å². The minimum Gasteiger partial charge on any atom is -0.494 e. The highest BCUT2D eigenvalue weighted by molar-refractivity contribution is 7.89. The Hall–Kier alpha value is -7.89. The van der Waals surface area contributed by atoms with Crippen LogP contribution < -0.4 is 41.8 Å². The second-order valence-corrected chi connectivity index (χ2v) is 23.9. The molecule has 2 aromatic heterocycles. The van der Waals surface area contributed by atoms with Crippen LogP contribution in [0, 0.1) is 13.8 Å². The smallest absolute Gasteiger partial charge is 0.323 e. The van der Waals surface area contributed by atoms with E-state index >= 15 is 0 Å². The molecule has 1 saturated heterocycles. The number of aromatic nitrogens is 4. The van der Waals surface area contributed by atoms with Crippen LogP contribution in [0.1, 0.15) is 73.4 Å². The summed E-state index contributed by atoms with van der Waals surface area (Å²) in [5, 5.41) is 48.2. The van der Waals surface area contributed by atoms with E-state index in [0.29, 0.717) is 159 Å².